The van der Waals surface area contributed by atoms with Crippen LogP contribution in [0.25, 0.3) is 0 Å². The number of rotatable bonds is 6. The lowest BCUT2D eigenvalue weighted by Gasteiger charge is -2.27. The van der Waals surface area contributed by atoms with Gasteiger partial charge in [-0.15, -0.1) is 0 Å². The lowest BCUT2D eigenvalue weighted by Crippen LogP contribution is -2.31. The van der Waals surface area contributed by atoms with E-state index in [-0.39, 0.29) is 0 Å². The van der Waals surface area contributed by atoms with Crippen molar-refractivity contribution in [3.63, 3.8) is 0 Å². The summed E-state index contributed by atoms with van der Waals surface area (Å²) < 4.78 is 0. The molecule has 0 aliphatic carbocycles. The fraction of sp³-hybridized carbons (Fsp3) is 0.571. The van der Waals surface area contributed by atoms with Crippen LogP contribution in [-0.4, -0.2) is 28.6 Å². The number of anilines is 1. The van der Waals surface area contributed by atoms with Crippen molar-refractivity contribution in [2.24, 2.45) is 0 Å². The zero-order valence-corrected chi connectivity index (χ0v) is 11.6. The van der Waals surface area contributed by atoms with Crippen LogP contribution < -0.4 is 4.90 Å². The van der Waals surface area contributed by atoms with Crippen molar-refractivity contribution in [3.05, 3.63) is 23.4 Å². The smallest absolute Gasteiger partial charge is 0.335 e. The van der Waals surface area contributed by atoms with E-state index in [4.69, 9.17) is 5.11 Å². The van der Waals surface area contributed by atoms with Gasteiger partial charge in [-0.2, -0.15) is 0 Å². The number of nitrogens with zero attached hydrogens (tertiary/aromatic N) is 2. The molecule has 0 aliphatic rings. The maximum Gasteiger partial charge on any atom is 0.335 e. The summed E-state index contributed by atoms with van der Waals surface area (Å²) in [6, 6.07) is 3.63. The third-order valence-electron chi connectivity index (χ3n) is 2.88. The Bertz CT molecular complexity index is 416. The van der Waals surface area contributed by atoms with Gasteiger partial charge in [0.05, 0.1) is 5.56 Å². The van der Waals surface area contributed by atoms with E-state index in [1.807, 2.05) is 0 Å². The summed E-state index contributed by atoms with van der Waals surface area (Å²) >= 11 is 0. The quantitative estimate of drug-likeness (QED) is 0.843. The molecule has 1 heterocycles. The van der Waals surface area contributed by atoms with Gasteiger partial charge in [-0.3, -0.25) is 0 Å². The first-order valence-corrected chi connectivity index (χ1v) is 6.50. The molecule has 4 heteroatoms. The van der Waals surface area contributed by atoms with Gasteiger partial charge in [-0.25, -0.2) is 9.78 Å². The predicted octanol–water partition coefficient (Wildman–Crippen LogP) is 2.97. The molecule has 1 rings (SSSR count). The van der Waals surface area contributed by atoms with Gasteiger partial charge < -0.3 is 10.0 Å². The molecule has 0 saturated heterocycles. The van der Waals surface area contributed by atoms with Gasteiger partial charge in [0.2, 0.25) is 0 Å². The molecule has 4 nitrogen and oxygen atoms in total. The molecular weight excluding hydrogens is 228 g/mol. The van der Waals surface area contributed by atoms with E-state index in [0.717, 1.165) is 30.9 Å². The van der Waals surface area contributed by atoms with Crippen molar-refractivity contribution in [1.82, 2.24) is 4.98 Å². The van der Waals surface area contributed by atoms with Gasteiger partial charge in [0.25, 0.3) is 0 Å². The number of aromatic carboxylic acids is 1. The van der Waals surface area contributed by atoms with Gasteiger partial charge in [-0.1, -0.05) is 13.3 Å². The fourth-order valence-corrected chi connectivity index (χ4v) is 2.02. The maximum absolute atomic E-state index is 11.1. The molecule has 0 aliphatic heterocycles. The summed E-state index contributed by atoms with van der Waals surface area (Å²) in [6.45, 7) is 9.10. The molecule has 100 valence electrons. The first-order chi connectivity index (χ1) is 8.49. The molecule has 18 heavy (non-hydrogen) atoms. The highest BCUT2D eigenvalue weighted by molar-refractivity contribution is 5.88. The molecular formula is C14H22N2O2. The van der Waals surface area contributed by atoms with Crippen LogP contribution in [0.1, 0.15) is 50.2 Å². The minimum Gasteiger partial charge on any atom is -0.478 e. The highest BCUT2D eigenvalue weighted by Crippen LogP contribution is 2.18. The second-order valence-electron chi connectivity index (χ2n) is 4.64. The number of aryl methyl sites for hydroxylation is 1. The molecule has 0 radical (unpaired) electrons. The Morgan fingerprint density at radius 2 is 2.06 bits per heavy atom. The minimum absolute atomic E-state index is 0.307. The standard InChI is InChI=1S/C14H22N2O2/c1-5-7-12-8-11(14(17)18)9-13(15-12)16(6-2)10(3)4/h8-10H,5-7H2,1-4H3,(H,17,18). The molecule has 0 amide bonds. The first-order valence-electron chi connectivity index (χ1n) is 6.50. The molecule has 1 aromatic heterocycles. The van der Waals surface area contributed by atoms with Crippen LogP contribution in [0.5, 0.6) is 0 Å². The van der Waals surface area contributed by atoms with E-state index in [2.05, 4.69) is 37.6 Å². The molecule has 0 aromatic carbocycles. The van der Waals surface area contributed by atoms with Crippen LogP contribution in [0.2, 0.25) is 0 Å². The lowest BCUT2D eigenvalue weighted by molar-refractivity contribution is 0.0696. The molecule has 0 unspecified atom stereocenters. The number of carboxylic acid groups (broad SMARTS) is 1. The molecule has 1 aromatic rings. The van der Waals surface area contributed by atoms with E-state index in [1.165, 1.54) is 0 Å². The summed E-state index contributed by atoms with van der Waals surface area (Å²) in [5.41, 5.74) is 1.18. The summed E-state index contributed by atoms with van der Waals surface area (Å²) in [4.78, 5) is 17.8. The van der Waals surface area contributed by atoms with Crippen LogP contribution in [0, 0.1) is 0 Å². The number of carboxylic acids is 1. The van der Waals surface area contributed by atoms with Crippen molar-refractivity contribution in [3.8, 4) is 0 Å². The van der Waals surface area contributed by atoms with Crippen LogP contribution in [0.15, 0.2) is 12.1 Å². The normalized spacial score (nSPS) is 10.7. The third kappa shape index (κ3) is 3.45. The molecule has 0 spiro atoms. The number of pyridine rings is 1. The van der Waals surface area contributed by atoms with Crippen molar-refractivity contribution < 1.29 is 9.90 Å². The Kier molecular flexibility index (Phi) is 5.13. The van der Waals surface area contributed by atoms with E-state index in [0.29, 0.717) is 11.6 Å². The van der Waals surface area contributed by atoms with Gasteiger partial charge in [0.15, 0.2) is 0 Å². The van der Waals surface area contributed by atoms with Gasteiger partial charge in [-0.05, 0) is 39.3 Å². The lowest BCUT2D eigenvalue weighted by atomic mass is 10.1. The zero-order chi connectivity index (χ0) is 13.7. The first kappa shape index (κ1) is 14.5. The van der Waals surface area contributed by atoms with Crippen LogP contribution in [-0.2, 0) is 6.42 Å². The predicted molar refractivity (Wildman–Crippen MR) is 73.3 cm³/mol. The SMILES string of the molecule is CCCc1cc(C(=O)O)cc(N(CC)C(C)C)n1. The summed E-state index contributed by atoms with van der Waals surface area (Å²) in [5.74, 6) is -0.133. The number of carbonyl (C=O) groups is 1. The minimum atomic E-state index is -0.893. The maximum atomic E-state index is 11.1. The summed E-state index contributed by atoms with van der Waals surface area (Å²) in [6.07, 6.45) is 1.77. The second-order valence-corrected chi connectivity index (χ2v) is 4.64. The van der Waals surface area contributed by atoms with Crippen molar-refractivity contribution >= 4 is 11.8 Å². The summed E-state index contributed by atoms with van der Waals surface area (Å²) in [7, 11) is 0. The molecule has 0 fully saturated rings. The average Bonchev–Trinajstić information content (AvgIpc) is 2.29. The second kappa shape index (κ2) is 6.38. The molecule has 0 atom stereocenters. The largest absolute Gasteiger partial charge is 0.478 e. The highest BCUT2D eigenvalue weighted by Gasteiger charge is 2.14. The van der Waals surface area contributed by atoms with E-state index in [9.17, 15) is 4.79 Å². The number of hydrogen-bond donors (Lipinski definition) is 1. The Labute approximate surface area is 109 Å². The van der Waals surface area contributed by atoms with Gasteiger partial charge in [0, 0.05) is 18.3 Å². The van der Waals surface area contributed by atoms with Crippen LogP contribution >= 0.6 is 0 Å². The Hall–Kier alpha value is -1.58. The summed E-state index contributed by atoms with van der Waals surface area (Å²) in [5, 5.41) is 9.15. The van der Waals surface area contributed by atoms with E-state index >= 15 is 0 Å². The number of hydrogen-bond acceptors (Lipinski definition) is 3. The molecule has 0 bridgehead atoms. The van der Waals surface area contributed by atoms with Crippen LogP contribution in [0.3, 0.4) is 0 Å². The van der Waals surface area contributed by atoms with Gasteiger partial charge in [0.1, 0.15) is 5.82 Å². The fourth-order valence-electron chi connectivity index (χ4n) is 2.02. The third-order valence-corrected chi connectivity index (χ3v) is 2.88. The van der Waals surface area contributed by atoms with E-state index in [1.54, 1.807) is 12.1 Å². The number of aromatic nitrogens is 1. The zero-order valence-electron chi connectivity index (χ0n) is 11.6. The topological polar surface area (TPSA) is 53.4 Å². The monoisotopic (exact) mass is 250 g/mol. The Morgan fingerprint density at radius 3 is 2.50 bits per heavy atom. The van der Waals surface area contributed by atoms with E-state index < -0.39 is 5.97 Å². The Balaban J connectivity index is 3.20. The van der Waals surface area contributed by atoms with Gasteiger partial charge >= 0.3 is 5.97 Å². The van der Waals surface area contributed by atoms with Crippen molar-refractivity contribution in [2.75, 3.05) is 11.4 Å². The highest BCUT2D eigenvalue weighted by atomic mass is 16.4. The van der Waals surface area contributed by atoms with Crippen molar-refractivity contribution in [1.29, 1.82) is 0 Å². The van der Waals surface area contributed by atoms with Crippen molar-refractivity contribution in [2.45, 2.75) is 46.6 Å². The average molecular weight is 250 g/mol. The Morgan fingerprint density at radius 1 is 1.39 bits per heavy atom. The van der Waals surface area contributed by atoms with Crippen LogP contribution in [0.4, 0.5) is 5.82 Å². The molecule has 0 saturated carbocycles. The molecule has 1 N–H and O–H groups in total.